The Labute approximate surface area is 170 Å². The number of nitrogens with two attached hydrogens (primary N) is 1. The van der Waals surface area contributed by atoms with Crippen LogP contribution in [0.3, 0.4) is 0 Å². The third-order valence-corrected chi connectivity index (χ3v) is 5.84. The number of aryl methyl sites for hydroxylation is 2. The highest BCUT2D eigenvalue weighted by Crippen LogP contribution is 2.34. The van der Waals surface area contributed by atoms with Crippen LogP contribution in [0, 0.1) is 19.7 Å². The molecule has 0 saturated heterocycles. The number of nitrogens with zero attached hydrogens (tertiary/aromatic N) is 3. The van der Waals surface area contributed by atoms with Crippen LogP contribution in [-0.2, 0) is 10.0 Å². The summed E-state index contributed by atoms with van der Waals surface area (Å²) in [5, 5.41) is 3.30. The van der Waals surface area contributed by atoms with Gasteiger partial charge in [0.1, 0.15) is 17.2 Å². The van der Waals surface area contributed by atoms with E-state index in [1.165, 1.54) is 30.0 Å². The van der Waals surface area contributed by atoms with Gasteiger partial charge in [-0.05, 0) is 43.9 Å². The number of hydrogen-bond donors (Lipinski definition) is 3. The van der Waals surface area contributed by atoms with Crippen molar-refractivity contribution in [1.82, 2.24) is 24.5 Å². The van der Waals surface area contributed by atoms with Crippen molar-refractivity contribution in [3.8, 4) is 17.4 Å². The fraction of sp³-hybridized carbons (Fsp3) is 0.222. The summed E-state index contributed by atoms with van der Waals surface area (Å²) in [4.78, 5) is 14.3. The number of halogens is 1. The zero-order chi connectivity index (χ0) is 21.6. The average Bonchev–Trinajstić information content (AvgIpc) is 3.23. The van der Waals surface area contributed by atoms with Gasteiger partial charge >= 0.3 is 0 Å². The Kier molecular flexibility index (Phi) is 4.84. The quantitative estimate of drug-likeness (QED) is 0.396. The lowest BCUT2D eigenvalue weighted by molar-refractivity contribution is 0.266. The first-order valence-corrected chi connectivity index (χ1v) is 10.4. The van der Waals surface area contributed by atoms with E-state index in [4.69, 9.17) is 15.3 Å². The van der Waals surface area contributed by atoms with Crippen molar-refractivity contribution in [2.45, 2.75) is 26.1 Å². The molecule has 1 aromatic carbocycles. The minimum absolute atomic E-state index is 0.0113. The molecule has 0 spiro atoms. The Morgan fingerprint density at radius 2 is 2.07 bits per heavy atom. The van der Waals surface area contributed by atoms with Crippen molar-refractivity contribution in [2.75, 3.05) is 0 Å². The Hall–Kier alpha value is -3.22. The predicted octanol–water partition coefficient (Wildman–Crippen LogP) is 2.28. The highest BCUT2D eigenvalue weighted by atomic mass is 32.2. The summed E-state index contributed by atoms with van der Waals surface area (Å²) < 4.78 is 45.7. The molecule has 0 amide bonds. The maximum Gasteiger partial charge on any atom is 0.257 e. The molecular formula is C18H19FN6O4S. The average molecular weight is 434 g/mol. The summed E-state index contributed by atoms with van der Waals surface area (Å²) in [5.74, 6) is -0.290. The molecular weight excluding hydrogens is 415 g/mol. The van der Waals surface area contributed by atoms with Crippen LogP contribution in [0.1, 0.15) is 18.2 Å². The molecule has 3 heterocycles. The maximum atomic E-state index is 14.9. The second kappa shape index (κ2) is 7.23. The van der Waals surface area contributed by atoms with Crippen molar-refractivity contribution >= 4 is 26.4 Å². The van der Waals surface area contributed by atoms with E-state index in [0.29, 0.717) is 22.0 Å². The van der Waals surface area contributed by atoms with Crippen LogP contribution in [0.4, 0.5) is 4.39 Å². The number of rotatable bonds is 6. The van der Waals surface area contributed by atoms with Crippen molar-refractivity contribution in [1.29, 1.82) is 0 Å². The standard InChI is InChI=1S/C18H19FN6O4S/c1-9-6-12-13(23-9)4-5-14(16(12)19)28-18-17-10(2)15(7-25(17)22-8-21-18)29-24-30(26,27)11(3)20/h4-8,11,23-24H,20H2,1-3H3. The Bertz CT molecular complexity index is 1360. The number of nitrogens with one attached hydrogen (secondary N) is 2. The van der Waals surface area contributed by atoms with E-state index in [0.717, 1.165) is 5.69 Å². The second-order valence-corrected chi connectivity index (χ2v) is 8.81. The monoisotopic (exact) mass is 434 g/mol. The molecule has 0 bridgehead atoms. The van der Waals surface area contributed by atoms with Gasteiger partial charge in [0.25, 0.3) is 10.0 Å². The van der Waals surface area contributed by atoms with Gasteiger partial charge < -0.3 is 20.3 Å². The van der Waals surface area contributed by atoms with Gasteiger partial charge in [-0.25, -0.2) is 17.3 Å². The molecule has 30 heavy (non-hydrogen) atoms. The Morgan fingerprint density at radius 3 is 2.80 bits per heavy atom. The molecule has 10 nitrogen and oxygen atoms in total. The third kappa shape index (κ3) is 3.44. The number of aromatic nitrogens is 4. The molecule has 0 saturated carbocycles. The molecule has 3 aromatic heterocycles. The fourth-order valence-electron chi connectivity index (χ4n) is 2.93. The van der Waals surface area contributed by atoms with Crippen molar-refractivity contribution in [3.05, 3.63) is 47.8 Å². The number of hydrogen-bond acceptors (Lipinski definition) is 7. The van der Waals surface area contributed by atoms with Gasteiger partial charge in [-0.15, -0.1) is 0 Å². The number of aromatic amines is 1. The molecule has 158 valence electrons. The zero-order valence-electron chi connectivity index (χ0n) is 16.3. The molecule has 0 radical (unpaired) electrons. The summed E-state index contributed by atoms with van der Waals surface area (Å²) in [6, 6.07) is 4.90. The van der Waals surface area contributed by atoms with Crippen molar-refractivity contribution in [3.63, 3.8) is 0 Å². The van der Waals surface area contributed by atoms with E-state index in [9.17, 15) is 12.8 Å². The SMILES string of the molecule is Cc1cc2c(F)c(Oc3ncnn4cc(ONS(=O)(=O)C(C)N)c(C)c34)ccc2[nH]1. The van der Waals surface area contributed by atoms with Crippen LogP contribution in [-0.4, -0.2) is 33.4 Å². The van der Waals surface area contributed by atoms with Gasteiger partial charge in [0, 0.05) is 22.2 Å². The van der Waals surface area contributed by atoms with Crippen molar-refractivity contribution in [2.24, 2.45) is 5.73 Å². The first-order valence-electron chi connectivity index (χ1n) is 8.89. The first-order chi connectivity index (χ1) is 14.2. The normalized spacial score (nSPS) is 13.1. The number of H-pyrrole nitrogens is 1. The van der Waals surface area contributed by atoms with Gasteiger partial charge in [0.05, 0.1) is 6.20 Å². The van der Waals surface area contributed by atoms with Crippen LogP contribution < -0.4 is 20.2 Å². The van der Waals surface area contributed by atoms with E-state index < -0.39 is 21.2 Å². The number of fused-ring (bicyclic) bond motifs is 2. The second-order valence-electron chi connectivity index (χ2n) is 6.81. The molecule has 0 aliphatic rings. The summed E-state index contributed by atoms with van der Waals surface area (Å²) in [5.41, 5.74) is 7.74. The highest BCUT2D eigenvalue weighted by Gasteiger charge is 2.21. The molecule has 1 atom stereocenters. The molecule has 0 fully saturated rings. The fourth-order valence-corrected chi connectivity index (χ4v) is 3.29. The lowest BCUT2D eigenvalue weighted by Crippen LogP contribution is -2.39. The first kappa shape index (κ1) is 20.1. The summed E-state index contributed by atoms with van der Waals surface area (Å²) >= 11 is 0. The van der Waals surface area contributed by atoms with E-state index in [-0.39, 0.29) is 17.4 Å². The van der Waals surface area contributed by atoms with Crippen LogP contribution in [0.5, 0.6) is 17.4 Å². The van der Waals surface area contributed by atoms with Gasteiger partial charge in [-0.2, -0.15) is 10.1 Å². The minimum atomic E-state index is -3.86. The van der Waals surface area contributed by atoms with Gasteiger partial charge in [-0.3, -0.25) is 0 Å². The number of ether oxygens (including phenoxy) is 1. The van der Waals surface area contributed by atoms with E-state index in [1.807, 2.05) is 11.8 Å². The molecule has 4 N–H and O–H groups in total. The van der Waals surface area contributed by atoms with Crippen LogP contribution >= 0.6 is 0 Å². The van der Waals surface area contributed by atoms with E-state index in [1.54, 1.807) is 19.1 Å². The zero-order valence-corrected chi connectivity index (χ0v) is 17.1. The summed E-state index contributed by atoms with van der Waals surface area (Å²) in [6.07, 6.45) is 2.67. The number of benzene rings is 1. The highest BCUT2D eigenvalue weighted by molar-refractivity contribution is 7.89. The van der Waals surface area contributed by atoms with Gasteiger partial charge in [0.2, 0.25) is 5.88 Å². The van der Waals surface area contributed by atoms with Gasteiger partial charge in [-0.1, -0.05) is 0 Å². The van der Waals surface area contributed by atoms with Gasteiger partial charge in [0.15, 0.2) is 17.3 Å². The third-order valence-electron chi connectivity index (χ3n) is 4.55. The lowest BCUT2D eigenvalue weighted by Gasteiger charge is -2.10. The van der Waals surface area contributed by atoms with Crippen LogP contribution in [0.2, 0.25) is 0 Å². The molecule has 0 aliphatic heterocycles. The summed E-state index contributed by atoms with van der Waals surface area (Å²) in [7, 11) is -3.86. The molecule has 4 aromatic rings. The molecule has 12 heteroatoms. The minimum Gasteiger partial charge on any atom is -0.434 e. The van der Waals surface area contributed by atoms with Crippen LogP contribution in [0.15, 0.2) is 30.7 Å². The number of sulfonamides is 1. The summed E-state index contributed by atoms with van der Waals surface area (Å²) in [6.45, 7) is 4.80. The lowest BCUT2D eigenvalue weighted by atomic mass is 10.2. The van der Waals surface area contributed by atoms with E-state index in [2.05, 4.69) is 15.1 Å². The van der Waals surface area contributed by atoms with E-state index >= 15 is 0 Å². The Morgan fingerprint density at radius 1 is 1.30 bits per heavy atom. The smallest absolute Gasteiger partial charge is 0.257 e. The maximum absolute atomic E-state index is 14.9. The Balaban J connectivity index is 1.70. The molecule has 0 aliphatic carbocycles. The largest absolute Gasteiger partial charge is 0.434 e. The van der Waals surface area contributed by atoms with Crippen LogP contribution in [0.25, 0.3) is 16.4 Å². The molecule has 4 rings (SSSR count). The van der Waals surface area contributed by atoms with Crippen molar-refractivity contribution < 1.29 is 22.4 Å². The topological polar surface area (TPSA) is 137 Å². The molecule has 1 unspecified atom stereocenters. The predicted molar refractivity (Wildman–Crippen MR) is 107 cm³/mol.